The molecule has 0 amide bonds. The van der Waals surface area contributed by atoms with Crippen LogP contribution in [0, 0.1) is 35.8 Å². The van der Waals surface area contributed by atoms with Gasteiger partial charge in [0, 0.05) is 29.4 Å². The minimum absolute atomic E-state index is 0.0910. The molecular formula is C24H20F2N6. The zero-order valence-electron chi connectivity index (χ0n) is 17.8. The van der Waals surface area contributed by atoms with E-state index < -0.39 is 11.6 Å². The Morgan fingerprint density at radius 2 is 1.97 bits per heavy atom. The number of anilines is 2. The number of aromatic nitrogens is 5. The number of hydrogen-bond donors (Lipinski definition) is 0. The molecule has 0 spiro atoms. The van der Waals surface area contributed by atoms with E-state index in [4.69, 9.17) is 0 Å². The van der Waals surface area contributed by atoms with Gasteiger partial charge in [-0.3, -0.25) is 4.40 Å². The maximum atomic E-state index is 15.2. The Bertz CT molecular complexity index is 1480. The molecule has 4 aromatic rings. The Hall–Kier alpha value is -3.60. The van der Waals surface area contributed by atoms with Gasteiger partial charge in [0.05, 0.1) is 10.9 Å². The maximum Gasteiger partial charge on any atom is 0.257 e. The van der Waals surface area contributed by atoms with Crippen LogP contribution in [0.1, 0.15) is 43.3 Å². The standard InChI is InChI=1S/C24H20F2N6/c1-14-29-30-23-28-22(20-19(32(14)23)6-5-16(25)21(20)26)31-13-3-4-15-17(27-12-8-18(15)31)7-9-24(2)10-11-24/h5-6,8,12H,3-4,10-11,13H2,1-2H3. The summed E-state index contributed by atoms with van der Waals surface area (Å²) in [6.45, 7) is 4.53. The normalized spacial score (nSPS) is 16.7. The number of pyridine rings is 1. The van der Waals surface area contributed by atoms with Gasteiger partial charge in [-0.05, 0) is 63.7 Å². The van der Waals surface area contributed by atoms with E-state index >= 15 is 4.39 Å². The van der Waals surface area contributed by atoms with Gasteiger partial charge in [0.25, 0.3) is 5.78 Å². The molecule has 6 rings (SSSR count). The summed E-state index contributed by atoms with van der Waals surface area (Å²) in [6, 6.07) is 4.57. The lowest BCUT2D eigenvalue weighted by Gasteiger charge is -2.31. The Morgan fingerprint density at radius 1 is 1.12 bits per heavy atom. The number of hydrogen-bond acceptors (Lipinski definition) is 5. The van der Waals surface area contributed by atoms with Crippen molar-refractivity contribution >= 4 is 28.2 Å². The second-order valence-corrected chi connectivity index (χ2v) is 8.80. The first-order valence-corrected chi connectivity index (χ1v) is 10.7. The minimum atomic E-state index is -0.928. The van der Waals surface area contributed by atoms with Crippen molar-refractivity contribution in [3.8, 4) is 11.8 Å². The molecule has 0 bridgehead atoms. The number of aryl methyl sites for hydroxylation is 1. The summed E-state index contributed by atoms with van der Waals surface area (Å²) in [7, 11) is 0. The Labute approximate surface area is 183 Å². The summed E-state index contributed by atoms with van der Waals surface area (Å²) in [5.74, 6) is 6.01. The number of nitrogens with zero attached hydrogens (tertiary/aromatic N) is 6. The van der Waals surface area contributed by atoms with E-state index in [1.54, 1.807) is 23.6 Å². The molecule has 6 nitrogen and oxygen atoms in total. The van der Waals surface area contributed by atoms with Crippen LogP contribution in [0.15, 0.2) is 24.4 Å². The molecule has 160 valence electrons. The third kappa shape index (κ3) is 2.84. The Kier molecular flexibility index (Phi) is 4.00. The summed E-state index contributed by atoms with van der Waals surface area (Å²) in [5.41, 5.74) is 3.20. The van der Waals surface area contributed by atoms with Crippen molar-refractivity contribution in [1.82, 2.24) is 24.6 Å². The van der Waals surface area contributed by atoms with E-state index in [0.29, 0.717) is 29.5 Å². The van der Waals surface area contributed by atoms with Crippen molar-refractivity contribution in [3.05, 3.63) is 53.1 Å². The SMILES string of the molecule is Cc1nnc2nc(N3CCCc4c3ccnc4C#CC3(C)CC3)c3c(F)c(F)ccc3n12. The van der Waals surface area contributed by atoms with E-state index in [9.17, 15) is 4.39 Å². The van der Waals surface area contributed by atoms with Gasteiger partial charge >= 0.3 is 0 Å². The molecule has 3 aromatic heterocycles. The minimum Gasteiger partial charge on any atom is -0.325 e. The fourth-order valence-corrected chi connectivity index (χ4v) is 4.36. The fourth-order valence-electron chi connectivity index (χ4n) is 4.36. The van der Waals surface area contributed by atoms with Gasteiger partial charge in [-0.15, -0.1) is 10.2 Å². The Morgan fingerprint density at radius 3 is 2.78 bits per heavy atom. The van der Waals surface area contributed by atoms with E-state index in [1.165, 1.54) is 0 Å². The van der Waals surface area contributed by atoms with E-state index in [1.807, 2.05) is 11.0 Å². The number of fused-ring (bicyclic) bond motifs is 4. The number of halogens is 2. The third-order valence-electron chi connectivity index (χ3n) is 6.42. The van der Waals surface area contributed by atoms with Gasteiger partial charge in [-0.2, -0.15) is 4.98 Å². The van der Waals surface area contributed by atoms with E-state index in [-0.39, 0.29) is 10.8 Å². The fraction of sp³-hybridized carbons (Fsp3) is 0.333. The van der Waals surface area contributed by atoms with Gasteiger partial charge in [0.1, 0.15) is 17.3 Å². The van der Waals surface area contributed by atoms with Gasteiger partial charge < -0.3 is 4.90 Å². The Balaban J connectivity index is 1.59. The molecule has 4 heterocycles. The highest BCUT2D eigenvalue weighted by atomic mass is 19.2. The van der Waals surface area contributed by atoms with Crippen LogP contribution >= 0.6 is 0 Å². The molecular weight excluding hydrogens is 410 g/mol. The van der Waals surface area contributed by atoms with Crippen LogP contribution in [-0.2, 0) is 6.42 Å². The van der Waals surface area contributed by atoms with Crippen LogP contribution in [-0.4, -0.2) is 31.1 Å². The lowest BCUT2D eigenvalue weighted by molar-refractivity contribution is 0.516. The first kappa shape index (κ1) is 19.1. The largest absolute Gasteiger partial charge is 0.325 e. The highest BCUT2D eigenvalue weighted by molar-refractivity contribution is 5.94. The molecule has 1 saturated carbocycles. The van der Waals surface area contributed by atoms with Crippen LogP contribution in [0.4, 0.5) is 20.3 Å². The predicted octanol–water partition coefficient (Wildman–Crippen LogP) is 4.50. The topological polar surface area (TPSA) is 59.2 Å². The molecule has 1 fully saturated rings. The van der Waals surface area contributed by atoms with Crippen molar-refractivity contribution in [1.29, 1.82) is 0 Å². The summed E-state index contributed by atoms with van der Waals surface area (Å²) in [6.07, 6.45) is 5.58. The average molecular weight is 430 g/mol. The van der Waals surface area contributed by atoms with Crippen molar-refractivity contribution in [2.45, 2.75) is 39.5 Å². The first-order valence-electron chi connectivity index (χ1n) is 10.7. The predicted molar refractivity (Wildman–Crippen MR) is 117 cm³/mol. The zero-order valence-corrected chi connectivity index (χ0v) is 17.8. The molecule has 0 N–H and O–H groups in total. The zero-order chi connectivity index (χ0) is 22.0. The second-order valence-electron chi connectivity index (χ2n) is 8.80. The van der Waals surface area contributed by atoms with Crippen molar-refractivity contribution < 1.29 is 8.78 Å². The lowest BCUT2D eigenvalue weighted by Crippen LogP contribution is -2.27. The molecule has 0 saturated heterocycles. The van der Waals surface area contributed by atoms with Crippen molar-refractivity contribution in [2.24, 2.45) is 5.41 Å². The second kappa shape index (κ2) is 6.70. The van der Waals surface area contributed by atoms with Crippen LogP contribution in [0.25, 0.3) is 16.7 Å². The molecule has 1 aliphatic heterocycles. The van der Waals surface area contributed by atoms with Crippen LogP contribution in [0.5, 0.6) is 0 Å². The summed E-state index contributed by atoms with van der Waals surface area (Å²) in [4.78, 5) is 11.1. The summed E-state index contributed by atoms with van der Waals surface area (Å²) < 4.78 is 31.1. The van der Waals surface area contributed by atoms with Crippen molar-refractivity contribution in [2.75, 3.05) is 11.4 Å². The molecule has 8 heteroatoms. The van der Waals surface area contributed by atoms with Crippen LogP contribution < -0.4 is 4.90 Å². The molecule has 1 aliphatic carbocycles. The highest BCUT2D eigenvalue weighted by Crippen LogP contribution is 2.44. The third-order valence-corrected chi connectivity index (χ3v) is 6.42. The summed E-state index contributed by atoms with van der Waals surface area (Å²) >= 11 is 0. The highest BCUT2D eigenvalue weighted by Gasteiger charge is 2.35. The van der Waals surface area contributed by atoms with Crippen molar-refractivity contribution in [3.63, 3.8) is 0 Å². The van der Waals surface area contributed by atoms with Gasteiger partial charge in [-0.1, -0.05) is 5.92 Å². The molecule has 32 heavy (non-hydrogen) atoms. The molecule has 0 unspecified atom stereocenters. The molecule has 1 aromatic carbocycles. The average Bonchev–Trinajstić information content (AvgIpc) is 3.42. The maximum absolute atomic E-state index is 15.2. The van der Waals surface area contributed by atoms with Gasteiger partial charge in [0.15, 0.2) is 11.6 Å². The molecule has 2 aliphatic rings. The van der Waals surface area contributed by atoms with E-state index in [0.717, 1.165) is 48.7 Å². The smallest absolute Gasteiger partial charge is 0.257 e. The quantitative estimate of drug-likeness (QED) is 0.417. The lowest BCUT2D eigenvalue weighted by atomic mass is 9.99. The monoisotopic (exact) mass is 430 g/mol. The van der Waals surface area contributed by atoms with Crippen LogP contribution in [0.2, 0.25) is 0 Å². The van der Waals surface area contributed by atoms with E-state index in [2.05, 4.69) is 38.9 Å². The van der Waals surface area contributed by atoms with Crippen LogP contribution in [0.3, 0.4) is 0 Å². The van der Waals surface area contributed by atoms with Gasteiger partial charge in [0.2, 0.25) is 0 Å². The van der Waals surface area contributed by atoms with Gasteiger partial charge in [-0.25, -0.2) is 13.8 Å². The number of benzene rings is 1. The first-order chi connectivity index (χ1) is 15.5. The summed E-state index contributed by atoms with van der Waals surface area (Å²) in [5, 5.41) is 8.33. The molecule has 0 radical (unpaired) electrons. The number of rotatable bonds is 1. The molecule has 0 atom stereocenters.